The van der Waals surface area contributed by atoms with Gasteiger partial charge in [-0.3, -0.25) is 9.48 Å². The van der Waals surface area contributed by atoms with Crippen molar-refractivity contribution in [2.75, 3.05) is 5.32 Å². The minimum Gasteiger partial charge on any atom is -0.489 e. The first-order valence-electron chi connectivity index (χ1n) is 10.5. The molecule has 0 aliphatic heterocycles. The van der Waals surface area contributed by atoms with Crippen molar-refractivity contribution in [3.05, 3.63) is 113 Å². The third-order valence-corrected chi connectivity index (χ3v) is 5.07. The molecule has 1 amide bonds. The maximum Gasteiger partial charge on any atom is 0.256 e. The molecule has 0 saturated carbocycles. The molecule has 0 radical (unpaired) electrons. The molecule has 4 aromatic rings. The number of hydrogen-bond acceptors (Lipinski definition) is 3. The van der Waals surface area contributed by atoms with Crippen molar-refractivity contribution in [3.8, 4) is 5.75 Å². The molecule has 0 aliphatic carbocycles. The van der Waals surface area contributed by atoms with Crippen LogP contribution in [0.25, 0.3) is 0 Å². The van der Waals surface area contributed by atoms with Crippen LogP contribution in [0.3, 0.4) is 0 Å². The fourth-order valence-corrected chi connectivity index (χ4v) is 3.27. The highest BCUT2D eigenvalue weighted by molar-refractivity contribution is 6.03. The highest BCUT2D eigenvalue weighted by Gasteiger charge is 2.09. The number of amides is 1. The number of rotatable bonds is 8. The van der Waals surface area contributed by atoms with E-state index < -0.39 is 0 Å². The zero-order chi connectivity index (χ0) is 22.3. The zero-order valence-electron chi connectivity index (χ0n) is 17.8. The molecule has 0 aliphatic rings. The quantitative estimate of drug-likeness (QED) is 0.404. The van der Waals surface area contributed by atoms with Crippen LogP contribution in [0, 0.1) is 5.82 Å². The van der Waals surface area contributed by atoms with Gasteiger partial charge >= 0.3 is 0 Å². The number of ether oxygens (including phenoxy) is 1. The SMILES string of the molecule is CCc1ccc(OCc2cccc(C(=O)Nc3ccn(Cc4ccc(F)cc4)n3)c2)cc1. The lowest BCUT2D eigenvalue weighted by Crippen LogP contribution is -2.13. The van der Waals surface area contributed by atoms with E-state index in [1.807, 2.05) is 30.3 Å². The molecule has 0 spiro atoms. The number of nitrogens with one attached hydrogen (secondary N) is 1. The summed E-state index contributed by atoms with van der Waals surface area (Å²) in [6.45, 7) is 2.98. The average Bonchev–Trinajstić information content (AvgIpc) is 3.26. The van der Waals surface area contributed by atoms with E-state index in [-0.39, 0.29) is 11.7 Å². The number of benzene rings is 3. The number of anilines is 1. The average molecular weight is 429 g/mol. The molecule has 4 rings (SSSR count). The number of aryl methyl sites for hydroxylation is 1. The molecule has 0 bridgehead atoms. The standard InChI is InChI=1S/C26H24FN3O2/c1-2-19-8-12-24(13-9-19)32-18-21-4-3-5-22(16-21)26(31)28-25-14-15-30(29-25)17-20-6-10-23(27)11-7-20/h3-16H,2,17-18H2,1H3,(H,28,29,31). The predicted octanol–water partition coefficient (Wildman–Crippen LogP) is 5.46. The summed E-state index contributed by atoms with van der Waals surface area (Å²) < 4.78 is 20.6. The molecule has 0 fully saturated rings. The lowest BCUT2D eigenvalue weighted by Gasteiger charge is -2.09. The number of carbonyl (C=O) groups excluding carboxylic acids is 1. The summed E-state index contributed by atoms with van der Waals surface area (Å²) in [4.78, 5) is 12.7. The Balaban J connectivity index is 1.35. The second kappa shape index (κ2) is 9.92. The van der Waals surface area contributed by atoms with Crippen molar-refractivity contribution in [1.29, 1.82) is 0 Å². The molecule has 0 atom stereocenters. The van der Waals surface area contributed by atoms with E-state index in [0.29, 0.717) is 24.5 Å². The molecule has 1 aromatic heterocycles. The van der Waals surface area contributed by atoms with E-state index in [4.69, 9.17) is 4.74 Å². The maximum atomic E-state index is 13.0. The topological polar surface area (TPSA) is 56.1 Å². The van der Waals surface area contributed by atoms with Crippen LogP contribution >= 0.6 is 0 Å². The van der Waals surface area contributed by atoms with Crippen molar-refractivity contribution in [1.82, 2.24) is 9.78 Å². The molecular formula is C26H24FN3O2. The number of aromatic nitrogens is 2. The van der Waals surface area contributed by atoms with Gasteiger partial charge in [0, 0.05) is 17.8 Å². The van der Waals surface area contributed by atoms with Gasteiger partial charge in [0.15, 0.2) is 5.82 Å². The Morgan fingerprint density at radius 1 is 0.969 bits per heavy atom. The molecule has 6 heteroatoms. The Labute approximate surface area is 186 Å². The summed E-state index contributed by atoms with van der Waals surface area (Å²) in [7, 11) is 0. The smallest absolute Gasteiger partial charge is 0.256 e. The van der Waals surface area contributed by atoms with E-state index in [9.17, 15) is 9.18 Å². The predicted molar refractivity (Wildman–Crippen MR) is 122 cm³/mol. The molecule has 0 unspecified atom stereocenters. The Morgan fingerprint density at radius 2 is 1.72 bits per heavy atom. The summed E-state index contributed by atoms with van der Waals surface area (Å²) in [5, 5.41) is 7.19. The monoisotopic (exact) mass is 429 g/mol. The van der Waals surface area contributed by atoms with E-state index in [2.05, 4.69) is 29.5 Å². The van der Waals surface area contributed by atoms with E-state index in [0.717, 1.165) is 23.3 Å². The number of halogens is 1. The van der Waals surface area contributed by atoms with Crippen molar-refractivity contribution >= 4 is 11.7 Å². The van der Waals surface area contributed by atoms with Gasteiger partial charge in [0.25, 0.3) is 5.91 Å². The van der Waals surface area contributed by atoms with Crippen LogP contribution in [0.5, 0.6) is 5.75 Å². The number of hydrogen-bond donors (Lipinski definition) is 1. The molecule has 162 valence electrons. The number of nitrogens with zero attached hydrogens (tertiary/aromatic N) is 2. The Kier molecular flexibility index (Phi) is 6.60. The lowest BCUT2D eigenvalue weighted by molar-refractivity contribution is 0.102. The zero-order valence-corrected chi connectivity index (χ0v) is 17.8. The van der Waals surface area contributed by atoms with Crippen molar-refractivity contribution < 1.29 is 13.9 Å². The minimum absolute atomic E-state index is 0.244. The van der Waals surface area contributed by atoms with Gasteiger partial charge < -0.3 is 10.1 Å². The molecule has 5 nitrogen and oxygen atoms in total. The van der Waals surface area contributed by atoms with Gasteiger partial charge in [-0.2, -0.15) is 5.10 Å². The van der Waals surface area contributed by atoms with Gasteiger partial charge in [-0.25, -0.2) is 4.39 Å². The molecule has 3 aromatic carbocycles. The highest BCUT2D eigenvalue weighted by Crippen LogP contribution is 2.16. The van der Waals surface area contributed by atoms with Gasteiger partial charge in [0.05, 0.1) is 6.54 Å². The second-order valence-electron chi connectivity index (χ2n) is 7.47. The first-order chi connectivity index (χ1) is 15.6. The fourth-order valence-electron chi connectivity index (χ4n) is 3.27. The minimum atomic E-state index is -0.274. The summed E-state index contributed by atoms with van der Waals surface area (Å²) in [6, 6.07) is 23.3. The Morgan fingerprint density at radius 3 is 2.47 bits per heavy atom. The fraction of sp³-hybridized carbons (Fsp3) is 0.154. The Hall–Kier alpha value is -3.93. The summed E-state index contributed by atoms with van der Waals surface area (Å²) >= 11 is 0. The van der Waals surface area contributed by atoms with Crippen LogP contribution in [-0.4, -0.2) is 15.7 Å². The molecule has 1 heterocycles. The van der Waals surface area contributed by atoms with Gasteiger partial charge in [0.1, 0.15) is 18.2 Å². The molecule has 1 N–H and O–H groups in total. The van der Waals surface area contributed by atoms with E-state index >= 15 is 0 Å². The highest BCUT2D eigenvalue weighted by atomic mass is 19.1. The normalized spacial score (nSPS) is 10.7. The van der Waals surface area contributed by atoms with Gasteiger partial charge in [-0.15, -0.1) is 0 Å². The second-order valence-corrected chi connectivity index (χ2v) is 7.47. The van der Waals surface area contributed by atoms with Crippen LogP contribution in [0.2, 0.25) is 0 Å². The Bertz CT molecular complexity index is 1180. The summed E-state index contributed by atoms with van der Waals surface area (Å²) in [5.74, 6) is 0.730. The largest absolute Gasteiger partial charge is 0.489 e. The van der Waals surface area contributed by atoms with Crippen LogP contribution < -0.4 is 10.1 Å². The van der Waals surface area contributed by atoms with E-state index in [1.54, 1.807) is 35.1 Å². The first kappa shape index (κ1) is 21.3. The molecular weight excluding hydrogens is 405 g/mol. The summed E-state index contributed by atoms with van der Waals surface area (Å²) in [5.41, 5.74) is 3.61. The van der Waals surface area contributed by atoms with Crippen LogP contribution in [0.1, 0.15) is 34.0 Å². The first-order valence-corrected chi connectivity index (χ1v) is 10.5. The lowest BCUT2D eigenvalue weighted by atomic mass is 10.1. The molecule has 0 saturated heterocycles. The van der Waals surface area contributed by atoms with Gasteiger partial charge in [-0.05, 0) is 59.5 Å². The van der Waals surface area contributed by atoms with E-state index in [1.165, 1.54) is 17.7 Å². The van der Waals surface area contributed by atoms with Crippen LogP contribution in [0.4, 0.5) is 10.2 Å². The summed E-state index contributed by atoms with van der Waals surface area (Å²) in [6.07, 6.45) is 2.76. The van der Waals surface area contributed by atoms with Gasteiger partial charge in [0.2, 0.25) is 0 Å². The van der Waals surface area contributed by atoms with Crippen LogP contribution in [-0.2, 0) is 19.6 Å². The third-order valence-electron chi connectivity index (χ3n) is 5.07. The van der Waals surface area contributed by atoms with Crippen molar-refractivity contribution in [3.63, 3.8) is 0 Å². The maximum absolute atomic E-state index is 13.0. The van der Waals surface area contributed by atoms with Crippen molar-refractivity contribution in [2.24, 2.45) is 0 Å². The van der Waals surface area contributed by atoms with Gasteiger partial charge in [-0.1, -0.05) is 43.3 Å². The van der Waals surface area contributed by atoms with Crippen LogP contribution in [0.15, 0.2) is 85.1 Å². The number of carbonyl (C=O) groups is 1. The van der Waals surface area contributed by atoms with Crippen molar-refractivity contribution in [2.45, 2.75) is 26.5 Å². The molecule has 32 heavy (non-hydrogen) atoms. The third kappa shape index (κ3) is 5.60.